The second-order valence-corrected chi connectivity index (χ2v) is 5.55. The lowest BCUT2D eigenvalue weighted by atomic mass is 9.81. The number of carboxylic acids is 1. The van der Waals surface area contributed by atoms with Crippen molar-refractivity contribution in [1.29, 1.82) is 0 Å². The number of hydrogen-bond acceptors (Lipinski definition) is 1. The van der Waals surface area contributed by atoms with Gasteiger partial charge in [0.25, 0.3) is 0 Å². The maximum atomic E-state index is 10.9. The molecule has 2 aromatic rings. The lowest BCUT2D eigenvalue weighted by molar-refractivity contribution is -0.139. The van der Waals surface area contributed by atoms with Crippen molar-refractivity contribution in [1.82, 2.24) is 0 Å². The molecular formula is C16H18O2. The summed E-state index contributed by atoms with van der Waals surface area (Å²) in [6.07, 6.45) is 0.969. The number of carboxylic acid groups (broad SMARTS) is 1. The molecule has 0 heterocycles. The Hall–Kier alpha value is -1.83. The molecule has 18 heavy (non-hydrogen) atoms. The van der Waals surface area contributed by atoms with Crippen LogP contribution in [0.15, 0.2) is 42.5 Å². The fourth-order valence-corrected chi connectivity index (χ4v) is 2.43. The van der Waals surface area contributed by atoms with Gasteiger partial charge in [0.05, 0.1) is 6.42 Å². The van der Waals surface area contributed by atoms with E-state index in [4.69, 9.17) is 5.11 Å². The van der Waals surface area contributed by atoms with Gasteiger partial charge in [0.15, 0.2) is 0 Å². The molecular weight excluding hydrogens is 224 g/mol. The summed E-state index contributed by atoms with van der Waals surface area (Å²) in [6, 6.07) is 14.4. The smallest absolute Gasteiger partial charge is 0.303 e. The number of benzene rings is 2. The molecule has 0 unspecified atom stereocenters. The van der Waals surface area contributed by atoms with Crippen molar-refractivity contribution in [2.75, 3.05) is 0 Å². The summed E-state index contributed by atoms with van der Waals surface area (Å²) in [7, 11) is 0. The quantitative estimate of drug-likeness (QED) is 0.883. The van der Waals surface area contributed by atoms with Gasteiger partial charge in [-0.25, -0.2) is 0 Å². The lowest BCUT2D eigenvalue weighted by Gasteiger charge is -2.23. The summed E-state index contributed by atoms with van der Waals surface area (Å²) in [5.74, 6) is -0.736. The third kappa shape index (κ3) is 2.89. The number of carbonyl (C=O) groups is 1. The predicted octanol–water partition coefficient (Wildman–Crippen LogP) is 3.88. The molecule has 1 N–H and O–H groups in total. The summed E-state index contributed by atoms with van der Waals surface area (Å²) >= 11 is 0. The minimum Gasteiger partial charge on any atom is -0.481 e. The van der Waals surface area contributed by atoms with Gasteiger partial charge in [0, 0.05) is 0 Å². The van der Waals surface area contributed by atoms with Crippen LogP contribution in [0.1, 0.15) is 25.8 Å². The van der Waals surface area contributed by atoms with Crippen LogP contribution in [0.5, 0.6) is 0 Å². The van der Waals surface area contributed by atoms with Gasteiger partial charge in [-0.1, -0.05) is 56.3 Å². The molecule has 94 valence electrons. The third-order valence-corrected chi connectivity index (χ3v) is 3.18. The molecule has 2 aromatic carbocycles. The minimum atomic E-state index is -0.736. The van der Waals surface area contributed by atoms with E-state index >= 15 is 0 Å². The first-order valence-corrected chi connectivity index (χ1v) is 6.16. The van der Waals surface area contributed by atoms with Gasteiger partial charge in [0.1, 0.15) is 0 Å². The van der Waals surface area contributed by atoms with Crippen LogP contribution in [-0.2, 0) is 11.2 Å². The topological polar surface area (TPSA) is 37.3 Å². The van der Waals surface area contributed by atoms with Crippen LogP contribution in [0.4, 0.5) is 0 Å². The third-order valence-electron chi connectivity index (χ3n) is 3.18. The van der Waals surface area contributed by atoms with Crippen LogP contribution < -0.4 is 0 Å². The zero-order chi connectivity index (χ0) is 13.2. The van der Waals surface area contributed by atoms with Crippen LogP contribution in [0, 0.1) is 5.41 Å². The summed E-state index contributed by atoms with van der Waals surface area (Å²) in [6.45, 7) is 4.01. The lowest BCUT2D eigenvalue weighted by Crippen LogP contribution is -2.19. The maximum Gasteiger partial charge on any atom is 0.303 e. The zero-order valence-electron chi connectivity index (χ0n) is 10.8. The summed E-state index contributed by atoms with van der Waals surface area (Å²) in [5.41, 5.74) is 0.995. The van der Waals surface area contributed by atoms with E-state index in [1.807, 2.05) is 32.0 Å². The highest BCUT2D eigenvalue weighted by Crippen LogP contribution is 2.29. The zero-order valence-corrected chi connectivity index (χ0v) is 10.8. The monoisotopic (exact) mass is 242 g/mol. The Labute approximate surface area is 107 Å². The molecule has 2 heteroatoms. The van der Waals surface area contributed by atoms with Gasteiger partial charge in [0.2, 0.25) is 0 Å². The van der Waals surface area contributed by atoms with Crippen LogP contribution in [-0.4, -0.2) is 11.1 Å². The number of hydrogen-bond donors (Lipinski definition) is 1. The van der Waals surface area contributed by atoms with Crippen LogP contribution in [0.25, 0.3) is 10.8 Å². The molecule has 0 fully saturated rings. The molecule has 2 rings (SSSR count). The first kappa shape index (κ1) is 12.6. The van der Waals surface area contributed by atoms with Crippen LogP contribution >= 0.6 is 0 Å². The second kappa shape index (κ2) is 4.81. The van der Waals surface area contributed by atoms with Crippen molar-refractivity contribution in [3.8, 4) is 0 Å². The molecule has 0 aliphatic carbocycles. The van der Waals surface area contributed by atoms with Gasteiger partial charge in [-0.3, -0.25) is 4.79 Å². The van der Waals surface area contributed by atoms with Crippen LogP contribution in [0.3, 0.4) is 0 Å². The Bertz CT molecular complexity index is 565. The molecule has 0 spiro atoms. The Morgan fingerprint density at radius 2 is 1.78 bits per heavy atom. The molecule has 0 atom stereocenters. The average molecular weight is 242 g/mol. The molecule has 2 nitrogen and oxygen atoms in total. The fourth-order valence-electron chi connectivity index (χ4n) is 2.43. The molecule has 0 amide bonds. The van der Waals surface area contributed by atoms with E-state index in [-0.39, 0.29) is 11.8 Å². The highest BCUT2D eigenvalue weighted by molar-refractivity contribution is 5.85. The molecule has 0 bridgehead atoms. The van der Waals surface area contributed by atoms with Gasteiger partial charge in [-0.05, 0) is 28.2 Å². The van der Waals surface area contributed by atoms with E-state index in [0.29, 0.717) is 0 Å². The first-order chi connectivity index (χ1) is 8.48. The predicted molar refractivity (Wildman–Crippen MR) is 73.7 cm³/mol. The Morgan fingerprint density at radius 1 is 1.11 bits per heavy atom. The molecule has 0 saturated heterocycles. The first-order valence-electron chi connectivity index (χ1n) is 6.16. The highest BCUT2D eigenvalue weighted by atomic mass is 16.4. The van der Waals surface area contributed by atoms with Crippen molar-refractivity contribution < 1.29 is 9.90 Å². The molecule has 0 saturated carbocycles. The van der Waals surface area contributed by atoms with Crippen LogP contribution in [0.2, 0.25) is 0 Å². The summed E-state index contributed by atoms with van der Waals surface area (Å²) in [4.78, 5) is 10.9. The van der Waals surface area contributed by atoms with E-state index in [1.54, 1.807) is 0 Å². The van der Waals surface area contributed by atoms with Crippen molar-refractivity contribution >= 4 is 16.7 Å². The van der Waals surface area contributed by atoms with Gasteiger partial charge >= 0.3 is 5.97 Å². The normalized spacial score (nSPS) is 11.7. The molecule has 0 radical (unpaired) electrons. The summed E-state index contributed by atoms with van der Waals surface area (Å²) in [5, 5.41) is 11.4. The van der Waals surface area contributed by atoms with Gasteiger partial charge < -0.3 is 5.11 Å². The van der Waals surface area contributed by atoms with Crippen molar-refractivity contribution in [2.45, 2.75) is 26.7 Å². The minimum absolute atomic E-state index is 0.191. The van der Waals surface area contributed by atoms with E-state index in [0.717, 1.165) is 6.42 Å². The SMILES string of the molecule is CC(C)(CC(=O)O)Cc1cccc2ccccc12. The van der Waals surface area contributed by atoms with E-state index in [1.165, 1.54) is 16.3 Å². The average Bonchev–Trinajstić information content (AvgIpc) is 2.27. The largest absolute Gasteiger partial charge is 0.481 e. The van der Waals surface area contributed by atoms with Crippen molar-refractivity contribution in [3.63, 3.8) is 0 Å². The number of fused-ring (bicyclic) bond motifs is 1. The Balaban J connectivity index is 2.34. The molecule has 0 aliphatic rings. The Kier molecular flexibility index (Phi) is 3.37. The van der Waals surface area contributed by atoms with E-state index < -0.39 is 5.97 Å². The Morgan fingerprint density at radius 3 is 2.50 bits per heavy atom. The van der Waals surface area contributed by atoms with Crippen molar-refractivity contribution in [3.05, 3.63) is 48.0 Å². The number of rotatable bonds is 4. The molecule has 0 aliphatic heterocycles. The standard InChI is InChI=1S/C16H18O2/c1-16(2,11-15(17)18)10-13-8-5-7-12-6-3-4-9-14(12)13/h3-9H,10-11H2,1-2H3,(H,17,18). The molecule has 0 aromatic heterocycles. The van der Waals surface area contributed by atoms with Gasteiger partial charge in [-0.15, -0.1) is 0 Å². The van der Waals surface area contributed by atoms with E-state index in [2.05, 4.69) is 24.3 Å². The van der Waals surface area contributed by atoms with E-state index in [9.17, 15) is 4.79 Å². The van der Waals surface area contributed by atoms with Crippen molar-refractivity contribution in [2.24, 2.45) is 5.41 Å². The summed E-state index contributed by atoms with van der Waals surface area (Å²) < 4.78 is 0. The maximum absolute atomic E-state index is 10.9. The number of aliphatic carboxylic acids is 1. The second-order valence-electron chi connectivity index (χ2n) is 5.55. The van der Waals surface area contributed by atoms with Gasteiger partial charge in [-0.2, -0.15) is 0 Å². The highest BCUT2D eigenvalue weighted by Gasteiger charge is 2.22. The fraction of sp³-hybridized carbons (Fsp3) is 0.312.